The van der Waals surface area contributed by atoms with Crippen LogP contribution in [-0.4, -0.2) is 5.78 Å². The molecule has 1 nitrogen and oxygen atoms in total. The SMILES string of the molecule is CCC(=O)CC1=CCC(C(C)C)CC1. The molecule has 0 fully saturated rings. The average Bonchev–Trinajstić information content (AvgIpc) is 2.18. The summed E-state index contributed by atoms with van der Waals surface area (Å²) in [4.78, 5) is 11.3. The molecule has 0 N–H and O–H groups in total. The monoisotopic (exact) mass is 194 g/mol. The number of rotatable bonds is 4. The van der Waals surface area contributed by atoms with E-state index in [0.29, 0.717) is 18.6 Å². The van der Waals surface area contributed by atoms with Gasteiger partial charge in [0.15, 0.2) is 0 Å². The number of Topliss-reactive ketones (excluding diaryl/α,β-unsaturated/α-hetero) is 1. The Balaban J connectivity index is 2.41. The first-order valence-electron chi connectivity index (χ1n) is 5.83. The summed E-state index contributed by atoms with van der Waals surface area (Å²) < 4.78 is 0. The minimum atomic E-state index is 0.388. The van der Waals surface area contributed by atoms with Gasteiger partial charge in [-0.05, 0) is 31.1 Å². The molecule has 0 aromatic carbocycles. The molecule has 80 valence electrons. The third-order valence-electron chi connectivity index (χ3n) is 3.31. The second-order valence-electron chi connectivity index (χ2n) is 4.71. The first-order valence-corrected chi connectivity index (χ1v) is 5.83. The summed E-state index contributed by atoms with van der Waals surface area (Å²) in [7, 11) is 0. The Hall–Kier alpha value is -0.590. The van der Waals surface area contributed by atoms with Crippen LogP contribution in [0.5, 0.6) is 0 Å². The molecule has 0 radical (unpaired) electrons. The van der Waals surface area contributed by atoms with Gasteiger partial charge in [0.2, 0.25) is 0 Å². The second-order valence-corrected chi connectivity index (χ2v) is 4.71. The summed E-state index contributed by atoms with van der Waals surface area (Å²) in [6, 6.07) is 0. The molecule has 1 atom stereocenters. The van der Waals surface area contributed by atoms with E-state index in [2.05, 4.69) is 19.9 Å². The largest absolute Gasteiger partial charge is 0.299 e. The molecule has 0 amide bonds. The molecule has 0 aromatic heterocycles. The molecule has 14 heavy (non-hydrogen) atoms. The third-order valence-corrected chi connectivity index (χ3v) is 3.31. The zero-order valence-electron chi connectivity index (χ0n) is 9.68. The highest BCUT2D eigenvalue weighted by Crippen LogP contribution is 2.30. The van der Waals surface area contributed by atoms with E-state index in [4.69, 9.17) is 0 Å². The van der Waals surface area contributed by atoms with Gasteiger partial charge in [-0.25, -0.2) is 0 Å². The molecular formula is C13H22O. The van der Waals surface area contributed by atoms with Gasteiger partial charge in [-0.3, -0.25) is 4.79 Å². The summed E-state index contributed by atoms with van der Waals surface area (Å²) in [6.07, 6.45) is 7.31. The third kappa shape index (κ3) is 3.28. The fourth-order valence-electron chi connectivity index (χ4n) is 2.05. The highest BCUT2D eigenvalue weighted by atomic mass is 16.1. The Morgan fingerprint density at radius 3 is 2.71 bits per heavy atom. The van der Waals surface area contributed by atoms with Crippen molar-refractivity contribution in [1.82, 2.24) is 0 Å². The van der Waals surface area contributed by atoms with Crippen molar-refractivity contribution in [2.24, 2.45) is 11.8 Å². The maximum atomic E-state index is 11.3. The molecule has 0 aliphatic heterocycles. The van der Waals surface area contributed by atoms with Crippen LogP contribution in [0.25, 0.3) is 0 Å². The summed E-state index contributed by atoms with van der Waals surface area (Å²) in [6.45, 7) is 6.53. The summed E-state index contributed by atoms with van der Waals surface area (Å²) in [5.41, 5.74) is 1.38. The molecule has 0 aromatic rings. The Labute approximate surface area is 87.6 Å². The van der Waals surface area contributed by atoms with Crippen molar-refractivity contribution in [2.45, 2.75) is 52.9 Å². The molecule has 0 saturated carbocycles. The van der Waals surface area contributed by atoms with Crippen LogP contribution in [0, 0.1) is 11.8 Å². The predicted molar refractivity (Wildman–Crippen MR) is 60.2 cm³/mol. The van der Waals surface area contributed by atoms with Gasteiger partial charge in [-0.2, -0.15) is 0 Å². The van der Waals surface area contributed by atoms with Crippen molar-refractivity contribution in [1.29, 1.82) is 0 Å². The highest BCUT2D eigenvalue weighted by molar-refractivity contribution is 5.80. The van der Waals surface area contributed by atoms with Gasteiger partial charge in [0, 0.05) is 12.8 Å². The summed E-state index contributed by atoms with van der Waals surface area (Å²) in [5.74, 6) is 2.02. The minimum Gasteiger partial charge on any atom is -0.299 e. The standard InChI is InChI=1S/C13H22O/c1-4-13(14)9-11-5-7-12(8-6-11)10(2)3/h5,10,12H,4,6-9H2,1-3H3. The van der Waals surface area contributed by atoms with Crippen molar-refractivity contribution in [3.05, 3.63) is 11.6 Å². The van der Waals surface area contributed by atoms with E-state index in [1.807, 2.05) is 6.92 Å². The van der Waals surface area contributed by atoms with Gasteiger partial charge in [0.25, 0.3) is 0 Å². The molecule has 0 spiro atoms. The lowest BCUT2D eigenvalue weighted by molar-refractivity contribution is -0.118. The highest BCUT2D eigenvalue weighted by Gasteiger charge is 2.17. The zero-order chi connectivity index (χ0) is 10.6. The summed E-state index contributed by atoms with van der Waals surface area (Å²) in [5, 5.41) is 0. The Bertz CT molecular complexity index is 225. The van der Waals surface area contributed by atoms with Gasteiger partial charge < -0.3 is 0 Å². The van der Waals surface area contributed by atoms with E-state index in [9.17, 15) is 4.79 Å². The van der Waals surface area contributed by atoms with Crippen LogP contribution >= 0.6 is 0 Å². The van der Waals surface area contributed by atoms with Gasteiger partial charge in [0.05, 0.1) is 0 Å². The molecule has 1 heteroatoms. The lowest BCUT2D eigenvalue weighted by atomic mass is 9.81. The predicted octanol–water partition coefficient (Wildman–Crippen LogP) is 3.74. The lowest BCUT2D eigenvalue weighted by Crippen LogP contribution is -2.13. The number of carbonyl (C=O) groups is 1. The van der Waals surface area contributed by atoms with Crippen LogP contribution in [0.15, 0.2) is 11.6 Å². The van der Waals surface area contributed by atoms with E-state index >= 15 is 0 Å². The minimum absolute atomic E-state index is 0.388. The fourth-order valence-corrected chi connectivity index (χ4v) is 2.05. The number of allylic oxidation sites excluding steroid dienone is 2. The first kappa shape index (κ1) is 11.5. The average molecular weight is 194 g/mol. The Kier molecular flexibility index (Phi) is 4.37. The van der Waals surface area contributed by atoms with E-state index in [1.165, 1.54) is 18.4 Å². The smallest absolute Gasteiger partial charge is 0.136 e. The van der Waals surface area contributed by atoms with E-state index < -0.39 is 0 Å². The fraction of sp³-hybridized carbons (Fsp3) is 0.769. The van der Waals surface area contributed by atoms with E-state index in [1.54, 1.807) is 0 Å². The molecule has 1 aliphatic carbocycles. The van der Waals surface area contributed by atoms with Crippen LogP contribution in [0.2, 0.25) is 0 Å². The van der Waals surface area contributed by atoms with Crippen LogP contribution < -0.4 is 0 Å². The second kappa shape index (κ2) is 5.33. The van der Waals surface area contributed by atoms with Crippen molar-refractivity contribution >= 4 is 5.78 Å². The molecule has 0 saturated heterocycles. The number of hydrogen-bond donors (Lipinski definition) is 0. The first-order chi connectivity index (χ1) is 6.63. The van der Waals surface area contributed by atoms with Crippen molar-refractivity contribution in [3.8, 4) is 0 Å². The number of hydrogen-bond acceptors (Lipinski definition) is 1. The molecular weight excluding hydrogens is 172 g/mol. The van der Waals surface area contributed by atoms with Crippen LogP contribution in [0.4, 0.5) is 0 Å². The number of ketones is 1. The Morgan fingerprint density at radius 2 is 2.29 bits per heavy atom. The Morgan fingerprint density at radius 1 is 1.57 bits per heavy atom. The molecule has 1 rings (SSSR count). The van der Waals surface area contributed by atoms with E-state index in [-0.39, 0.29) is 0 Å². The van der Waals surface area contributed by atoms with Crippen LogP contribution in [0.3, 0.4) is 0 Å². The van der Waals surface area contributed by atoms with Crippen molar-refractivity contribution < 1.29 is 4.79 Å². The summed E-state index contributed by atoms with van der Waals surface area (Å²) >= 11 is 0. The number of carbonyl (C=O) groups excluding carboxylic acids is 1. The zero-order valence-corrected chi connectivity index (χ0v) is 9.68. The van der Waals surface area contributed by atoms with Gasteiger partial charge in [0.1, 0.15) is 5.78 Å². The molecule has 1 aliphatic rings. The molecule has 0 heterocycles. The van der Waals surface area contributed by atoms with Gasteiger partial charge in [-0.1, -0.05) is 32.4 Å². The normalized spacial score (nSPS) is 22.3. The topological polar surface area (TPSA) is 17.1 Å². The van der Waals surface area contributed by atoms with Crippen molar-refractivity contribution in [3.63, 3.8) is 0 Å². The molecule has 1 unspecified atom stereocenters. The van der Waals surface area contributed by atoms with Crippen LogP contribution in [0.1, 0.15) is 52.9 Å². The maximum Gasteiger partial charge on any atom is 0.136 e. The van der Waals surface area contributed by atoms with Gasteiger partial charge >= 0.3 is 0 Å². The van der Waals surface area contributed by atoms with E-state index in [0.717, 1.165) is 18.3 Å². The van der Waals surface area contributed by atoms with Crippen LogP contribution in [-0.2, 0) is 4.79 Å². The lowest BCUT2D eigenvalue weighted by Gasteiger charge is -2.24. The quantitative estimate of drug-likeness (QED) is 0.623. The van der Waals surface area contributed by atoms with Crippen molar-refractivity contribution in [2.75, 3.05) is 0 Å². The molecule has 0 bridgehead atoms. The maximum absolute atomic E-state index is 11.3. The van der Waals surface area contributed by atoms with Gasteiger partial charge in [-0.15, -0.1) is 0 Å².